The first-order chi connectivity index (χ1) is 9.08. The highest BCUT2D eigenvalue weighted by Gasteiger charge is 2.34. The quantitative estimate of drug-likeness (QED) is 0.915. The smallest absolute Gasteiger partial charge is 0.338 e. The maximum atomic E-state index is 11.4. The lowest BCUT2D eigenvalue weighted by atomic mass is 10.1. The summed E-state index contributed by atoms with van der Waals surface area (Å²) in [6.07, 6.45) is -0.101. The molecule has 1 saturated heterocycles. The molecule has 2 rings (SSSR count). The largest absolute Gasteiger partial charge is 0.478 e. The maximum Gasteiger partial charge on any atom is 0.338 e. The predicted molar refractivity (Wildman–Crippen MR) is 74.9 cm³/mol. The van der Waals surface area contributed by atoms with Gasteiger partial charge in [0.15, 0.2) is 0 Å². The van der Waals surface area contributed by atoms with Crippen LogP contribution in [0, 0.1) is 0 Å². The highest BCUT2D eigenvalue weighted by Crippen LogP contribution is 2.31. The van der Waals surface area contributed by atoms with Crippen molar-refractivity contribution >= 4 is 27.6 Å². The summed E-state index contributed by atoms with van der Waals surface area (Å²) in [6, 6.07) is 5.36. The molecule has 6 heteroatoms. The van der Waals surface area contributed by atoms with Crippen LogP contribution in [0.1, 0.15) is 10.4 Å². The highest BCUT2D eigenvalue weighted by atomic mass is 79.9. The Hall–Kier alpha value is -1.11. The topological polar surface area (TPSA) is 59.0 Å². The summed E-state index contributed by atoms with van der Waals surface area (Å²) >= 11 is 3.29. The number of hydrogen-bond donors (Lipinski definition) is 1. The summed E-state index contributed by atoms with van der Waals surface area (Å²) in [4.78, 5) is 13.4. The van der Waals surface area contributed by atoms with Crippen molar-refractivity contribution in [1.29, 1.82) is 0 Å². The molecule has 1 aliphatic rings. The van der Waals surface area contributed by atoms with Crippen LogP contribution in [-0.2, 0) is 9.47 Å². The molecule has 0 spiro atoms. The third-order valence-electron chi connectivity index (χ3n) is 3.37. The van der Waals surface area contributed by atoms with Crippen molar-refractivity contribution in [3.05, 3.63) is 28.2 Å². The van der Waals surface area contributed by atoms with Crippen molar-refractivity contribution in [3.63, 3.8) is 0 Å². The van der Waals surface area contributed by atoms with Gasteiger partial charge in [0.2, 0.25) is 0 Å². The second-order valence-corrected chi connectivity index (χ2v) is 5.25. The van der Waals surface area contributed by atoms with Crippen molar-refractivity contribution in [2.45, 2.75) is 12.2 Å². The predicted octanol–water partition coefficient (Wildman–Crippen LogP) is 2.00. The van der Waals surface area contributed by atoms with Gasteiger partial charge in [-0.05, 0) is 28.1 Å². The van der Waals surface area contributed by atoms with E-state index < -0.39 is 5.97 Å². The Morgan fingerprint density at radius 3 is 2.37 bits per heavy atom. The number of rotatable bonds is 4. The molecule has 2 unspecified atom stereocenters. The Morgan fingerprint density at radius 1 is 1.32 bits per heavy atom. The van der Waals surface area contributed by atoms with E-state index in [1.165, 1.54) is 0 Å². The summed E-state index contributed by atoms with van der Waals surface area (Å²) in [5.41, 5.74) is 0.956. The van der Waals surface area contributed by atoms with Crippen molar-refractivity contribution in [2.75, 3.05) is 32.2 Å². The van der Waals surface area contributed by atoms with Gasteiger partial charge in [-0.3, -0.25) is 0 Å². The standard InChI is InChI=1S/C13H16BrNO4/c1-18-10-6-15(7-11(10)19-2)9-5-3-4-8(14)12(9)13(16)17/h3-5,10-11H,6-7H2,1-2H3,(H,16,17). The SMILES string of the molecule is COC1CN(c2cccc(Br)c2C(=O)O)CC1OC. The van der Waals surface area contributed by atoms with Crippen LogP contribution in [0.25, 0.3) is 0 Å². The number of methoxy groups -OCH3 is 2. The number of carboxylic acid groups (broad SMARTS) is 1. The van der Waals surface area contributed by atoms with Crippen LogP contribution in [0.3, 0.4) is 0 Å². The lowest BCUT2D eigenvalue weighted by Crippen LogP contribution is -2.27. The molecule has 0 radical (unpaired) electrons. The minimum Gasteiger partial charge on any atom is -0.478 e. The molecule has 0 amide bonds. The lowest BCUT2D eigenvalue weighted by Gasteiger charge is -2.20. The van der Waals surface area contributed by atoms with E-state index >= 15 is 0 Å². The van der Waals surface area contributed by atoms with Gasteiger partial charge in [-0.25, -0.2) is 4.79 Å². The summed E-state index contributed by atoms with van der Waals surface area (Å²) in [5.74, 6) is -0.947. The molecule has 1 fully saturated rings. The minimum absolute atomic E-state index is 0.0503. The molecule has 1 aromatic carbocycles. The number of ether oxygens (including phenoxy) is 2. The van der Waals surface area contributed by atoms with Crippen LogP contribution >= 0.6 is 15.9 Å². The highest BCUT2D eigenvalue weighted by molar-refractivity contribution is 9.10. The fraction of sp³-hybridized carbons (Fsp3) is 0.462. The number of hydrogen-bond acceptors (Lipinski definition) is 4. The average Bonchev–Trinajstić information content (AvgIpc) is 2.81. The van der Waals surface area contributed by atoms with Crippen molar-refractivity contribution in [3.8, 4) is 0 Å². The first-order valence-electron chi connectivity index (χ1n) is 5.90. The molecule has 1 N–H and O–H groups in total. The van der Waals surface area contributed by atoms with Crippen LogP contribution < -0.4 is 4.90 Å². The van der Waals surface area contributed by atoms with Gasteiger partial charge in [0.05, 0.1) is 11.3 Å². The zero-order valence-electron chi connectivity index (χ0n) is 10.8. The van der Waals surface area contributed by atoms with Gasteiger partial charge >= 0.3 is 5.97 Å². The lowest BCUT2D eigenvalue weighted by molar-refractivity contribution is -0.00461. The van der Waals surface area contributed by atoms with Gasteiger partial charge < -0.3 is 19.5 Å². The number of anilines is 1. The van der Waals surface area contributed by atoms with Crippen LogP contribution in [-0.4, -0.2) is 50.6 Å². The van der Waals surface area contributed by atoms with Gasteiger partial charge in [0.1, 0.15) is 12.2 Å². The fourth-order valence-electron chi connectivity index (χ4n) is 2.38. The Morgan fingerprint density at radius 2 is 1.89 bits per heavy atom. The van der Waals surface area contributed by atoms with Gasteiger partial charge in [0, 0.05) is 31.8 Å². The number of nitrogens with zero attached hydrogens (tertiary/aromatic N) is 1. The molecule has 0 aromatic heterocycles. The number of carboxylic acids is 1. The first-order valence-corrected chi connectivity index (χ1v) is 6.70. The van der Waals surface area contributed by atoms with Gasteiger partial charge in [0.25, 0.3) is 0 Å². The summed E-state index contributed by atoms with van der Waals surface area (Å²) in [5, 5.41) is 9.33. The monoisotopic (exact) mass is 329 g/mol. The van der Waals surface area contributed by atoms with Crippen LogP contribution in [0.4, 0.5) is 5.69 Å². The molecule has 5 nitrogen and oxygen atoms in total. The van der Waals surface area contributed by atoms with Crippen LogP contribution in [0.2, 0.25) is 0 Å². The Labute approximate surface area is 120 Å². The Balaban J connectivity index is 2.33. The van der Waals surface area contributed by atoms with Crippen LogP contribution in [0.15, 0.2) is 22.7 Å². The first kappa shape index (κ1) is 14.3. The number of carbonyl (C=O) groups is 1. The maximum absolute atomic E-state index is 11.4. The number of benzene rings is 1. The van der Waals surface area contributed by atoms with E-state index in [9.17, 15) is 9.90 Å². The molecule has 1 heterocycles. The van der Waals surface area contributed by atoms with E-state index in [1.54, 1.807) is 26.4 Å². The van der Waals surface area contributed by atoms with Gasteiger partial charge in [-0.15, -0.1) is 0 Å². The summed E-state index contributed by atoms with van der Waals surface area (Å²) in [7, 11) is 3.28. The summed E-state index contributed by atoms with van der Waals surface area (Å²) < 4.78 is 11.3. The normalized spacial score (nSPS) is 22.8. The molecular formula is C13H16BrNO4. The molecule has 2 atom stereocenters. The van der Waals surface area contributed by atoms with Crippen LogP contribution in [0.5, 0.6) is 0 Å². The average molecular weight is 330 g/mol. The van der Waals surface area contributed by atoms with Crippen molar-refractivity contribution in [2.24, 2.45) is 0 Å². The van der Waals surface area contributed by atoms with Crippen molar-refractivity contribution in [1.82, 2.24) is 0 Å². The fourth-order valence-corrected chi connectivity index (χ4v) is 2.91. The molecule has 0 aliphatic carbocycles. The zero-order chi connectivity index (χ0) is 14.0. The van der Waals surface area contributed by atoms with E-state index in [2.05, 4.69) is 15.9 Å². The summed E-state index contributed by atoms with van der Waals surface area (Å²) in [6.45, 7) is 1.23. The zero-order valence-corrected chi connectivity index (χ0v) is 12.4. The molecule has 1 aromatic rings. The minimum atomic E-state index is -0.947. The van der Waals surface area contributed by atoms with E-state index in [1.807, 2.05) is 11.0 Å². The van der Waals surface area contributed by atoms with E-state index in [4.69, 9.17) is 9.47 Å². The molecule has 19 heavy (non-hydrogen) atoms. The van der Waals surface area contributed by atoms with Gasteiger partial charge in [-0.2, -0.15) is 0 Å². The molecule has 0 bridgehead atoms. The number of halogens is 1. The van der Waals surface area contributed by atoms with Gasteiger partial charge in [-0.1, -0.05) is 6.07 Å². The molecule has 0 saturated carbocycles. The van der Waals surface area contributed by atoms with E-state index in [0.29, 0.717) is 23.2 Å². The third kappa shape index (κ3) is 2.75. The van der Waals surface area contributed by atoms with Crippen molar-refractivity contribution < 1.29 is 19.4 Å². The Bertz CT molecular complexity index is 468. The second kappa shape index (κ2) is 5.90. The molecular weight excluding hydrogens is 314 g/mol. The molecule has 104 valence electrons. The van der Waals surface area contributed by atoms with E-state index in [0.717, 1.165) is 0 Å². The Kier molecular flexibility index (Phi) is 4.44. The third-order valence-corrected chi connectivity index (χ3v) is 4.03. The number of aromatic carboxylic acids is 1. The van der Waals surface area contributed by atoms with E-state index in [-0.39, 0.29) is 17.8 Å². The second-order valence-electron chi connectivity index (χ2n) is 4.39. The molecule has 1 aliphatic heterocycles.